The first-order valence-corrected chi connectivity index (χ1v) is 7.44. The summed E-state index contributed by atoms with van der Waals surface area (Å²) in [6, 6.07) is 15.7. The lowest BCUT2D eigenvalue weighted by Gasteiger charge is -2.08. The number of hydrogen-bond acceptors (Lipinski definition) is 1. The van der Waals surface area contributed by atoms with Crippen molar-refractivity contribution in [2.45, 2.75) is 6.61 Å². The molecule has 1 aromatic heterocycles. The minimum atomic E-state index is 0.507. The van der Waals surface area contributed by atoms with Crippen molar-refractivity contribution in [1.82, 2.24) is 4.57 Å². The third kappa shape index (κ3) is 2.43. The molecule has 4 heteroatoms. The summed E-state index contributed by atoms with van der Waals surface area (Å²) in [5.41, 5.74) is 2.30. The molecule has 20 heavy (non-hydrogen) atoms. The van der Waals surface area contributed by atoms with Crippen molar-refractivity contribution in [3.8, 4) is 5.75 Å². The van der Waals surface area contributed by atoms with Crippen LogP contribution in [0.25, 0.3) is 10.9 Å². The fraction of sp³-hybridized carbons (Fsp3) is 0.125. The molecule has 0 amide bonds. The van der Waals surface area contributed by atoms with Crippen LogP contribution in [0.3, 0.4) is 0 Å². The minimum Gasteiger partial charge on any atom is -0.487 e. The van der Waals surface area contributed by atoms with Gasteiger partial charge in [-0.2, -0.15) is 0 Å². The maximum Gasteiger partial charge on any atom is 0.129 e. The largest absolute Gasteiger partial charge is 0.487 e. The molecular formula is C16H13BrClNO. The van der Waals surface area contributed by atoms with E-state index in [2.05, 4.69) is 32.6 Å². The standard InChI is InChI=1S/C16H13BrClNO/c1-19-14-5-3-2-4-13(14)16(17)15(19)10-20-12-8-6-11(18)7-9-12/h2-9H,10H2,1H3. The lowest BCUT2D eigenvalue weighted by molar-refractivity contribution is 0.297. The van der Waals surface area contributed by atoms with Gasteiger partial charge < -0.3 is 9.30 Å². The van der Waals surface area contributed by atoms with Crippen LogP contribution in [-0.4, -0.2) is 4.57 Å². The van der Waals surface area contributed by atoms with Crippen LogP contribution in [0.1, 0.15) is 5.69 Å². The van der Waals surface area contributed by atoms with Gasteiger partial charge in [0.2, 0.25) is 0 Å². The minimum absolute atomic E-state index is 0.507. The van der Waals surface area contributed by atoms with Gasteiger partial charge in [0.25, 0.3) is 0 Å². The van der Waals surface area contributed by atoms with Crippen molar-refractivity contribution in [1.29, 1.82) is 0 Å². The molecule has 0 saturated heterocycles. The Balaban J connectivity index is 1.89. The van der Waals surface area contributed by atoms with Crippen LogP contribution in [0.4, 0.5) is 0 Å². The molecule has 0 unspecified atom stereocenters. The van der Waals surface area contributed by atoms with Crippen LogP contribution in [0.15, 0.2) is 53.0 Å². The zero-order valence-electron chi connectivity index (χ0n) is 10.9. The zero-order chi connectivity index (χ0) is 14.1. The Morgan fingerprint density at radius 2 is 1.80 bits per heavy atom. The summed E-state index contributed by atoms with van der Waals surface area (Å²) >= 11 is 9.53. The van der Waals surface area contributed by atoms with E-state index in [1.807, 2.05) is 43.4 Å². The molecule has 0 atom stereocenters. The van der Waals surface area contributed by atoms with E-state index in [-0.39, 0.29) is 0 Å². The Labute approximate surface area is 131 Å². The molecule has 0 bridgehead atoms. The average molecular weight is 351 g/mol. The number of aromatic nitrogens is 1. The maximum atomic E-state index is 5.87. The van der Waals surface area contributed by atoms with Crippen molar-refractivity contribution >= 4 is 38.4 Å². The summed E-state index contributed by atoms with van der Waals surface area (Å²) in [5, 5.41) is 1.91. The first-order valence-electron chi connectivity index (χ1n) is 6.27. The Bertz CT molecular complexity index is 710. The van der Waals surface area contributed by atoms with Gasteiger partial charge >= 0.3 is 0 Å². The van der Waals surface area contributed by atoms with Gasteiger partial charge in [0.15, 0.2) is 0 Å². The first kappa shape index (κ1) is 13.5. The highest BCUT2D eigenvalue weighted by atomic mass is 79.9. The second kappa shape index (κ2) is 5.51. The molecule has 0 saturated carbocycles. The van der Waals surface area contributed by atoms with Crippen LogP contribution >= 0.6 is 27.5 Å². The van der Waals surface area contributed by atoms with Gasteiger partial charge in [0.1, 0.15) is 12.4 Å². The normalized spacial score (nSPS) is 10.9. The van der Waals surface area contributed by atoms with Crippen molar-refractivity contribution in [3.63, 3.8) is 0 Å². The molecular weight excluding hydrogens is 338 g/mol. The lowest BCUT2D eigenvalue weighted by atomic mass is 10.2. The van der Waals surface area contributed by atoms with Gasteiger partial charge in [0.05, 0.1) is 5.69 Å². The van der Waals surface area contributed by atoms with Crippen LogP contribution in [0, 0.1) is 0 Å². The number of para-hydroxylation sites is 1. The zero-order valence-corrected chi connectivity index (χ0v) is 13.3. The monoisotopic (exact) mass is 349 g/mol. The predicted molar refractivity (Wildman–Crippen MR) is 86.4 cm³/mol. The molecule has 0 aliphatic heterocycles. The van der Waals surface area contributed by atoms with Gasteiger partial charge in [-0.3, -0.25) is 0 Å². The van der Waals surface area contributed by atoms with Crippen molar-refractivity contribution in [2.24, 2.45) is 7.05 Å². The van der Waals surface area contributed by atoms with Gasteiger partial charge in [-0.1, -0.05) is 29.8 Å². The van der Waals surface area contributed by atoms with E-state index in [1.165, 1.54) is 10.9 Å². The molecule has 3 rings (SSSR count). The number of fused-ring (bicyclic) bond motifs is 1. The smallest absolute Gasteiger partial charge is 0.129 e. The van der Waals surface area contributed by atoms with E-state index in [0.29, 0.717) is 11.6 Å². The third-order valence-corrected chi connectivity index (χ3v) is 4.49. The van der Waals surface area contributed by atoms with Crippen LogP contribution in [-0.2, 0) is 13.7 Å². The van der Waals surface area contributed by atoms with E-state index in [1.54, 1.807) is 0 Å². The summed E-state index contributed by atoms with van der Waals surface area (Å²) in [6.07, 6.45) is 0. The summed E-state index contributed by atoms with van der Waals surface area (Å²) in [4.78, 5) is 0. The van der Waals surface area contributed by atoms with Crippen molar-refractivity contribution in [3.05, 3.63) is 63.7 Å². The van der Waals surface area contributed by atoms with E-state index < -0.39 is 0 Å². The lowest BCUT2D eigenvalue weighted by Crippen LogP contribution is -2.02. The molecule has 2 aromatic carbocycles. The summed E-state index contributed by atoms with van der Waals surface area (Å²) < 4.78 is 9.06. The average Bonchev–Trinajstić information content (AvgIpc) is 2.71. The fourth-order valence-electron chi connectivity index (χ4n) is 2.24. The predicted octanol–water partition coefficient (Wildman–Crippen LogP) is 5.17. The fourth-order valence-corrected chi connectivity index (χ4v) is 3.08. The molecule has 0 fully saturated rings. The quantitative estimate of drug-likeness (QED) is 0.635. The topological polar surface area (TPSA) is 14.2 Å². The Morgan fingerprint density at radius 1 is 1.10 bits per heavy atom. The van der Waals surface area contributed by atoms with Gasteiger partial charge in [0, 0.05) is 27.4 Å². The second-order valence-corrected chi connectivity index (χ2v) is 5.81. The maximum absolute atomic E-state index is 5.87. The highest BCUT2D eigenvalue weighted by molar-refractivity contribution is 9.10. The molecule has 0 spiro atoms. The highest BCUT2D eigenvalue weighted by Crippen LogP contribution is 2.31. The number of aryl methyl sites for hydroxylation is 1. The van der Waals surface area contributed by atoms with E-state index in [4.69, 9.17) is 16.3 Å². The number of hydrogen-bond donors (Lipinski definition) is 0. The summed E-state index contributed by atoms with van der Waals surface area (Å²) in [7, 11) is 2.05. The van der Waals surface area contributed by atoms with Crippen LogP contribution in [0.2, 0.25) is 5.02 Å². The first-order chi connectivity index (χ1) is 9.66. The SMILES string of the molecule is Cn1c(COc2ccc(Cl)cc2)c(Br)c2ccccc21. The van der Waals surface area contributed by atoms with Crippen molar-refractivity contribution < 1.29 is 4.74 Å². The summed E-state index contributed by atoms with van der Waals surface area (Å²) in [5.74, 6) is 0.812. The van der Waals surface area contributed by atoms with E-state index >= 15 is 0 Å². The highest BCUT2D eigenvalue weighted by Gasteiger charge is 2.12. The van der Waals surface area contributed by atoms with E-state index in [0.717, 1.165) is 15.9 Å². The number of rotatable bonds is 3. The van der Waals surface area contributed by atoms with Crippen molar-refractivity contribution in [2.75, 3.05) is 0 Å². The number of benzene rings is 2. The molecule has 102 valence electrons. The molecule has 3 aromatic rings. The van der Waals surface area contributed by atoms with Gasteiger partial charge in [-0.05, 0) is 46.3 Å². The molecule has 1 heterocycles. The van der Waals surface area contributed by atoms with Crippen LogP contribution < -0.4 is 4.74 Å². The number of nitrogens with zero attached hydrogens (tertiary/aromatic N) is 1. The summed E-state index contributed by atoms with van der Waals surface area (Å²) in [6.45, 7) is 0.507. The van der Waals surface area contributed by atoms with E-state index in [9.17, 15) is 0 Å². The molecule has 0 aliphatic rings. The van der Waals surface area contributed by atoms with Crippen LogP contribution in [0.5, 0.6) is 5.75 Å². The molecule has 2 nitrogen and oxygen atoms in total. The number of ether oxygens (including phenoxy) is 1. The second-order valence-electron chi connectivity index (χ2n) is 4.58. The Hall–Kier alpha value is -1.45. The molecule has 0 aliphatic carbocycles. The van der Waals surface area contributed by atoms with Gasteiger partial charge in [-0.15, -0.1) is 0 Å². The molecule has 0 N–H and O–H groups in total. The molecule has 0 radical (unpaired) electrons. The third-order valence-electron chi connectivity index (χ3n) is 3.35. The number of halogens is 2. The Morgan fingerprint density at radius 3 is 2.50 bits per heavy atom. The van der Waals surface area contributed by atoms with Gasteiger partial charge in [-0.25, -0.2) is 0 Å². The Kier molecular flexibility index (Phi) is 3.72.